The second-order valence-electron chi connectivity index (χ2n) is 2.16. The fourth-order valence-corrected chi connectivity index (χ4v) is 0.685. The predicted octanol–water partition coefficient (Wildman–Crippen LogP) is 0.423. The van der Waals surface area contributed by atoms with Gasteiger partial charge in [-0.05, 0) is 6.42 Å². The first-order chi connectivity index (χ1) is 4.57. The molecule has 0 aliphatic heterocycles. The molecule has 0 radical (unpaired) electrons. The Hall–Kier alpha value is -1.06. The molecule has 4 heteroatoms. The topological polar surface area (TPSA) is 87.2 Å². The van der Waals surface area contributed by atoms with Crippen LogP contribution in [0.3, 0.4) is 0 Å². The normalized spacial score (nSPS) is 12.5. The van der Waals surface area contributed by atoms with Crippen molar-refractivity contribution in [3.63, 3.8) is 0 Å². The zero-order chi connectivity index (χ0) is 8.15. The van der Waals surface area contributed by atoms with E-state index in [2.05, 4.69) is 0 Å². The van der Waals surface area contributed by atoms with Crippen LogP contribution in [0.25, 0.3) is 0 Å². The van der Waals surface area contributed by atoms with Crippen molar-refractivity contribution in [1.29, 1.82) is 5.41 Å². The lowest BCUT2D eigenvalue weighted by Gasteiger charge is -2.08. The Morgan fingerprint density at radius 2 is 2.30 bits per heavy atom. The molecule has 0 bridgehead atoms. The zero-order valence-electron chi connectivity index (χ0n) is 5.92. The summed E-state index contributed by atoms with van der Waals surface area (Å²) in [6.07, 6.45) is 0.577. The lowest BCUT2D eigenvalue weighted by Crippen LogP contribution is -2.24. The van der Waals surface area contributed by atoms with Crippen LogP contribution in [0, 0.1) is 11.3 Å². The first-order valence-corrected chi connectivity index (χ1v) is 3.13. The van der Waals surface area contributed by atoms with Gasteiger partial charge in [0.1, 0.15) is 0 Å². The van der Waals surface area contributed by atoms with Crippen LogP contribution >= 0.6 is 0 Å². The number of rotatable bonds is 4. The highest BCUT2D eigenvalue weighted by Gasteiger charge is 2.12. The van der Waals surface area contributed by atoms with Crippen LogP contribution in [0.1, 0.15) is 19.8 Å². The molecule has 0 spiro atoms. The predicted molar refractivity (Wildman–Crippen MR) is 37.9 cm³/mol. The highest BCUT2D eigenvalue weighted by molar-refractivity contribution is 5.83. The quantitative estimate of drug-likeness (QED) is 0.394. The van der Waals surface area contributed by atoms with E-state index in [1.165, 1.54) is 0 Å². The Bertz CT molecular complexity index is 145. The third kappa shape index (κ3) is 3.06. The summed E-state index contributed by atoms with van der Waals surface area (Å²) in [6.45, 7) is 1.81. The standard InChI is InChI=1S/C6H12N2O2/c1-2-4(6(7)8)3-5(9)10/h4H,2-3H2,1H3,(H3,7,8)(H,9,10). The molecule has 4 nitrogen and oxygen atoms in total. The van der Waals surface area contributed by atoms with Gasteiger partial charge in [0.05, 0.1) is 12.3 Å². The number of aliphatic carboxylic acids is 1. The zero-order valence-corrected chi connectivity index (χ0v) is 5.92. The maximum Gasteiger partial charge on any atom is 0.304 e. The Balaban J connectivity index is 3.83. The van der Waals surface area contributed by atoms with Gasteiger partial charge in [-0.15, -0.1) is 0 Å². The van der Waals surface area contributed by atoms with Crippen molar-refractivity contribution in [2.75, 3.05) is 0 Å². The molecule has 0 aromatic rings. The molecule has 0 aliphatic carbocycles. The van der Waals surface area contributed by atoms with Crippen LogP contribution in [0.5, 0.6) is 0 Å². The largest absolute Gasteiger partial charge is 0.481 e. The monoisotopic (exact) mass is 144 g/mol. The summed E-state index contributed by atoms with van der Waals surface area (Å²) >= 11 is 0. The molecule has 0 amide bonds. The van der Waals surface area contributed by atoms with Gasteiger partial charge in [-0.2, -0.15) is 0 Å². The Kier molecular flexibility index (Phi) is 3.46. The number of carboxylic acid groups (broad SMARTS) is 1. The fourth-order valence-electron chi connectivity index (χ4n) is 0.685. The average molecular weight is 144 g/mol. The molecule has 0 aromatic carbocycles. The van der Waals surface area contributed by atoms with E-state index in [0.717, 1.165) is 0 Å². The number of carboxylic acids is 1. The SMILES string of the molecule is CCC(CC(=O)O)C(=N)N. The van der Waals surface area contributed by atoms with E-state index in [4.69, 9.17) is 16.2 Å². The summed E-state index contributed by atoms with van der Waals surface area (Å²) in [7, 11) is 0. The third-order valence-electron chi connectivity index (χ3n) is 1.35. The average Bonchev–Trinajstić information content (AvgIpc) is 1.81. The van der Waals surface area contributed by atoms with Crippen molar-refractivity contribution in [3.05, 3.63) is 0 Å². The van der Waals surface area contributed by atoms with Gasteiger partial charge < -0.3 is 10.8 Å². The first-order valence-electron chi connectivity index (χ1n) is 3.13. The molecule has 4 N–H and O–H groups in total. The number of carbonyl (C=O) groups is 1. The summed E-state index contributed by atoms with van der Waals surface area (Å²) in [4.78, 5) is 10.1. The molecule has 0 rings (SSSR count). The molecule has 0 saturated carbocycles. The van der Waals surface area contributed by atoms with Crippen molar-refractivity contribution < 1.29 is 9.90 Å². The van der Waals surface area contributed by atoms with Gasteiger partial charge in [-0.1, -0.05) is 6.92 Å². The second kappa shape index (κ2) is 3.87. The van der Waals surface area contributed by atoms with Crippen molar-refractivity contribution >= 4 is 11.8 Å². The van der Waals surface area contributed by atoms with E-state index in [0.29, 0.717) is 6.42 Å². The molecule has 0 fully saturated rings. The highest BCUT2D eigenvalue weighted by atomic mass is 16.4. The number of nitrogens with one attached hydrogen (secondary N) is 1. The molecule has 0 heterocycles. The van der Waals surface area contributed by atoms with Crippen LogP contribution in [0.2, 0.25) is 0 Å². The van der Waals surface area contributed by atoms with Crippen LogP contribution < -0.4 is 5.73 Å². The van der Waals surface area contributed by atoms with Crippen molar-refractivity contribution in [2.24, 2.45) is 11.7 Å². The molecule has 1 unspecified atom stereocenters. The smallest absolute Gasteiger partial charge is 0.304 e. The van der Waals surface area contributed by atoms with Crippen molar-refractivity contribution in [1.82, 2.24) is 0 Å². The summed E-state index contributed by atoms with van der Waals surface area (Å²) in [6, 6.07) is 0. The second-order valence-corrected chi connectivity index (χ2v) is 2.16. The minimum Gasteiger partial charge on any atom is -0.481 e. The van der Waals surface area contributed by atoms with Crippen molar-refractivity contribution in [2.45, 2.75) is 19.8 Å². The van der Waals surface area contributed by atoms with E-state index in [1.54, 1.807) is 0 Å². The molecule has 0 aliphatic rings. The minimum atomic E-state index is -0.901. The Labute approximate surface area is 59.5 Å². The number of hydrogen-bond acceptors (Lipinski definition) is 2. The first kappa shape index (κ1) is 8.94. The van der Waals surface area contributed by atoms with Crippen LogP contribution in [-0.2, 0) is 4.79 Å². The molecule has 1 atom stereocenters. The van der Waals surface area contributed by atoms with E-state index < -0.39 is 5.97 Å². The van der Waals surface area contributed by atoms with Crippen LogP contribution in [0.15, 0.2) is 0 Å². The molecular weight excluding hydrogens is 132 g/mol. The maximum absolute atomic E-state index is 10.1. The molecule has 0 saturated heterocycles. The third-order valence-corrected chi connectivity index (χ3v) is 1.35. The summed E-state index contributed by atoms with van der Waals surface area (Å²) in [5, 5.41) is 15.3. The van der Waals surface area contributed by atoms with E-state index >= 15 is 0 Å². The van der Waals surface area contributed by atoms with Gasteiger partial charge >= 0.3 is 5.97 Å². The highest BCUT2D eigenvalue weighted by Crippen LogP contribution is 2.06. The van der Waals surface area contributed by atoms with E-state index in [-0.39, 0.29) is 18.2 Å². The molecule has 58 valence electrons. The number of hydrogen-bond donors (Lipinski definition) is 3. The Morgan fingerprint density at radius 3 is 2.40 bits per heavy atom. The van der Waals surface area contributed by atoms with E-state index in [1.807, 2.05) is 6.92 Å². The van der Waals surface area contributed by atoms with Gasteiger partial charge in [0.15, 0.2) is 0 Å². The summed E-state index contributed by atoms with van der Waals surface area (Å²) in [5.74, 6) is -1.23. The fraction of sp³-hybridized carbons (Fsp3) is 0.667. The minimum absolute atomic E-state index is 0.0359. The maximum atomic E-state index is 10.1. The Morgan fingerprint density at radius 1 is 1.80 bits per heavy atom. The van der Waals surface area contributed by atoms with Gasteiger partial charge in [-0.3, -0.25) is 10.2 Å². The summed E-state index contributed by atoms with van der Waals surface area (Å²) < 4.78 is 0. The number of amidine groups is 1. The van der Waals surface area contributed by atoms with Crippen molar-refractivity contribution in [3.8, 4) is 0 Å². The molecular formula is C6H12N2O2. The van der Waals surface area contributed by atoms with Gasteiger partial charge in [0, 0.05) is 5.92 Å². The lowest BCUT2D eigenvalue weighted by molar-refractivity contribution is -0.137. The van der Waals surface area contributed by atoms with Gasteiger partial charge in [0.2, 0.25) is 0 Å². The van der Waals surface area contributed by atoms with Crippen LogP contribution in [0.4, 0.5) is 0 Å². The molecule has 10 heavy (non-hydrogen) atoms. The van der Waals surface area contributed by atoms with E-state index in [9.17, 15) is 4.79 Å². The van der Waals surface area contributed by atoms with Crippen LogP contribution in [-0.4, -0.2) is 16.9 Å². The number of nitrogens with two attached hydrogens (primary N) is 1. The van der Waals surface area contributed by atoms with Gasteiger partial charge in [0.25, 0.3) is 0 Å². The lowest BCUT2D eigenvalue weighted by atomic mass is 10.0. The van der Waals surface area contributed by atoms with Gasteiger partial charge in [-0.25, -0.2) is 0 Å². The summed E-state index contributed by atoms with van der Waals surface area (Å²) in [5.41, 5.74) is 5.12. The molecule has 0 aromatic heterocycles.